The zero-order chi connectivity index (χ0) is 21.8. The fourth-order valence-electron chi connectivity index (χ4n) is 7.64. The summed E-state index contributed by atoms with van der Waals surface area (Å²) in [7, 11) is 1.53. The minimum atomic E-state index is 0.00763. The van der Waals surface area contributed by atoms with Crippen LogP contribution in [0.1, 0.15) is 97.3 Å². The molecule has 2 aliphatic heterocycles. The zero-order valence-corrected chi connectivity index (χ0v) is 20.5. The molecule has 4 heteroatoms. The van der Waals surface area contributed by atoms with Gasteiger partial charge >= 0.3 is 5.97 Å². The van der Waals surface area contributed by atoms with Gasteiger partial charge in [0.1, 0.15) is 0 Å². The highest BCUT2D eigenvalue weighted by Gasteiger charge is 2.40. The van der Waals surface area contributed by atoms with Crippen LogP contribution in [0.2, 0.25) is 0 Å². The van der Waals surface area contributed by atoms with E-state index in [1.807, 2.05) is 0 Å². The minimum Gasteiger partial charge on any atom is -0.469 e. The first kappa shape index (κ1) is 23.5. The molecule has 6 atom stereocenters. The zero-order valence-electron chi connectivity index (χ0n) is 20.5. The van der Waals surface area contributed by atoms with E-state index in [2.05, 4.69) is 24.1 Å². The van der Waals surface area contributed by atoms with Crippen molar-refractivity contribution in [3.8, 4) is 0 Å². The number of methoxy groups -OCH3 is 1. The SMILES string of the molecule is CCC1CCCC(C2CCCCN2CC2NC(C3CCC(C(=O)OC)CC3)CC2C)C1. The average Bonchev–Trinajstić information content (AvgIpc) is 3.19. The van der Waals surface area contributed by atoms with Crippen LogP contribution in [0.4, 0.5) is 0 Å². The Morgan fingerprint density at radius 1 is 0.968 bits per heavy atom. The van der Waals surface area contributed by atoms with E-state index >= 15 is 0 Å². The first-order valence-electron chi connectivity index (χ1n) is 13.7. The monoisotopic (exact) mass is 432 g/mol. The molecule has 4 fully saturated rings. The highest BCUT2D eigenvalue weighted by atomic mass is 16.5. The fourth-order valence-corrected chi connectivity index (χ4v) is 7.64. The van der Waals surface area contributed by atoms with Crippen LogP contribution in [-0.2, 0) is 9.53 Å². The van der Waals surface area contributed by atoms with Gasteiger partial charge in [-0.25, -0.2) is 0 Å². The normalized spacial score (nSPS) is 42.4. The van der Waals surface area contributed by atoms with Gasteiger partial charge in [0.2, 0.25) is 0 Å². The van der Waals surface area contributed by atoms with Crippen molar-refractivity contribution in [2.24, 2.45) is 29.6 Å². The molecule has 0 radical (unpaired) electrons. The lowest BCUT2D eigenvalue weighted by atomic mass is 9.74. The molecule has 1 N–H and O–H groups in total. The third kappa shape index (κ3) is 5.66. The Morgan fingerprint density at radius 2 is 1.77 bits per heavy atom. The lowest BCUT2D eigenvalue weighted by molar-refractivity contribution is -0.146. The summed E-state index contributed by atoms with van der Waals surface area (Å²) in [5, 5.41) is 4.10. The van der Waals surface area contributed by atoms with Crippen LogP contribution in [0, 0.1) is 29.6 Å². The maximum atomic E-state index is 11.9. The number of esters is 1. The Labute approximate surface area is 191 Å². The summed E-state index contributed by atoms with van der Waals surface area (Å²) in [6.45, 7) is 7.45. The summed E-state index contributed by atoms with van der Waals surface area (Å²) in [4.78, 5) is 14.8. The van der Waals surface area contributed by atoms with Crippen LogP contribution in [0.15, 0.2) is 0 Å². The molecule has 0 aromatic carbocycles. The molecule has 0 spiro atoms. The minimum absolute atomic E-state index is 0.00763. The van der Waals surface area contributed by atoms with E-state index < -0.39 is 0 Å². The first-order valence-corrected chi connectivity index (χ1v) is 13.7. The molecule has 178 valence electrons. The molecule has 0 amide bonds. The highest BCUT2D eigenvalue weighted by molar-refractivity contribution is 5.72. The number of piperidine rings is 1. The predicted molar refractivity (Wildman–Crippen MR) is 127 cm³/mol. The number of nitrogens with zero attached hydrogens (tertiary/aromatic N) is 1. The number of ether oxygens (including phenoxy) is 1. The second-order valence-corrected chi connectivity index (χ2v) is 11.5. The van der Waals surface area contributed by atoms with Gasteiger partial charge in [0.05, 0.1) is 13.0 Å². The molecule has 2 saturated heterocycles. The van der Waals surface area contributed by atoms with Crippen molar-refractivity contribution in [3.05, 3.63) is 0 Å². The Hall–Kier alpha value is -0.610. The number of hydrogen-bond donors (Lipinski definition) is 1. The van der Waals surface area contributed by atoms with Crippen LogP contribution >= 0.6 is 0 Å². The van der Waals surface area contributed by atoms with Gasteiger partial charge in [0.15, 0.2) is 0 Å². The Kier molecular flexibility index (Phi) is 8.36. The van der Waals surface area contributed by atoms with E-state index in [4.69, 9.17) is 4.74 Å². The summed E-state index contributed by atoms with van der Waals surface area (Å²) >= 11 is 0. The number of rotatable bonds is 6. The van der Waals surface area contributed by atoms with Crippen molar-refractivity contribution in [1.29, 1.82) is 0 Å². The van der Waals surface area contributed by atoms with Crippen molar-refractivity contribution in [1.82, 2.24) is 10.2 Å². The quantitative estimate of drug-likeness (QED) is 0.570. The molecule has 2 heterocycles. The molecule has 2 saturated carbocycles. The summed E-state index contributed by atoms with van der Waals surface area (Å²) < 4.78 is 4.98. The van der Waals surface area contributed by atoms with Crippen molar-refractivity contribution in [3.63, 3.8) is 0 Å². The fraction of sp³-hybridized carbons (Fsp3) is 0.963. The second kappa shape index (κ2) is 11.0. The third-order valence-electron chi connectivity index (χ3n) is 9.66. The molecule has 0 aromatic heterocycles. The molecule has 4 aliphatic rings. The molecular weight excluding hydrogens is 384 g/mol. The number of likely N-dealkylation sites (tertiary alicyclic amines) is 1. The molecule has 6 unspecified atom stereocenters. The van der Waals surface area contributed by atoms with Crippen molar-refractivity contribution in [2.45, 2.75) is 115 Å². The first-order chi connectivity index (χ1) is 15.1. The van der Waals surface area contributed by atoms with Gasteiger partial charge in [0.25, 0.3) is 0 Å². The summed E-state index contributed by atoms with van der Waals surface area (Å²) in [6, 6.07) is 2.14. The second-order valence-electron chi connectivity index (χ2n) is 11.5. The molecule has 4 rings (SSSR count). The largest absolute Gasteiger partial charge is 0.469 e. The van der Waals surface area contributed by atoms with Crippen LogP contribution in [-0.4, -0.2) is 49.2 Å². The van der Waals surface area contributed by atoms with E-state index in [-0.39, 0.29) is 11.9 Å². The highest BCUT2D eigenvalue weighted by Crippen LogP contribution is 2.39. The third-order valence-corrected chi connectivity index (χ3v) is 9.66. The lowest BCUT2D eigenvalue weighted by Crippen LogP contribution is -2.51. The molecule has 31 heavy (non-hydrogen) atoms. The van der Waals surface area contributed by atoms with Gasteiger partial charge < -0.3 is 10.1 Å². The maximum absolute atomic E-state index is 11.9. The maximum Gasteiger partial charge on any atom is 0.308 e. The number of nitrogens with one attached hydrogen (secondary N) is 1. The van der Waals surface area contributed by atoms with E-state index in [0.29, 0.717) is 12.1 Å². The van der Waals surface area contributed by atoms with E-state index in [0.717, 1.165) is 42.6 Å². The summed E-state index contributed by atoms with van der Waals surface area (Å²) in [5.41, 5.74) is 0. The Balaban J connectivity index is 1.30. The Bertz CT molecular complexity index is 574. The predicted octanol–water partition coefficient (Wildman–Crippen LogP) is 5.40. The number of carbonyl (C=O) groups is 1. The summed E-state index contributed by atoms with van der Waals surface area (Å²) in [5.74, 6) is 3.59. The standard InChI is InChI=1S/C27H48N2O2/c1-4-20-8-7-9-23(17-20)26-10-5-6-15-29(26)18-25-19(2)16-24(28-25)21-11-13-22(14-12-21)27(30)31-3/h19-26,28H,4-18H2,1-3H3. The van der Waals surface area contributed by atoms with Crippen molar-refractivity contribution < 1.29 is 9.53 Å². The Morgan fingerprint density at radius 3 is 2.52 bits per heavy atom. The van der Waals surface area contributed by atoms with Gasteiger partial charge in [-0.2, -0.15) is 0 Å². The van der Waals surface area contributed by atoms with Crippen molar-refractivity contribution >= 4 is 5.97 Å². The van der Waals surface area contributed by atoms with Crippen LogP contribution in [0.5, 0.6) is 0 Å². The van der Waals surface area contributed by atoms with E-state index in [1.165, 1.54) is 90.8 Å². The van der Waals surface area contributed by atoms with E-state index in [1.54, 1.807) is 0 Å². The summed E-state index contributed by atoms with van der Waals surface area (Å²) in [6.07, 6.45) is 17.2. The van der Waals surface area contributed by atoms with E-state index in [9.17, 15) is 4.79 Å². The molecule has 0 aromatic rings. The molecule has 2 aliphatic carbocycles. The molecule has 0 bridgehead atoms. The number of carbonyl (C=O) groups excluding carboxylic acids is 1. The van der Waals surface area contributed by atoms with Gasteiger partial charge in [-0.1, -0.05) is 39.5 Å². The van der Waals surface area contributed by atoms with Gasteiger partial charge in [-0.15, -0.1) is 0 Å². The van der Waals surface area contributed by atoms with Crippen LogP contribution in [0.3, 0.4) is 0 Å². The average molecular weight is 433 g/mol. The van der Waals surface area contributed by atoms with Gasteiger partial charge in [0, 0.05) is 24.7 Å². The van der Waals surface area contributed by atoms with Crippen LogP contribution < -0.4 is 5.32 Å². The molecule has 4 nitrogen and oxygen atoms in total. The van der Waals surface area contributed by atoms with Gasteiger partial charge in [-0.05, 0) is 88.0 Å². The molecular formula is C27H48N2O2. The lowest BCUT2D eigenvalue weighted by Gasteiger charge is -2.44. The van der Waals surface area contributed by atoms with Gasteiger partial charge in [-0.3, -0.25) is 9.69 Å². The van der Waals surface area contributed by atoms with Crippen molar-refractivity contribution in [2.75, 3.05) is 20.2 Å². The number of hydrogen-bond acceptors (Lipinski definition) is 4. The smallest absolute Gasteiger partial charge is 0.308 e. The van der Waals surface area contributed by atoms with Crippen LogP contribution in [0.25, 0.3) is 0 Å². The topological polar surface area (TPSA) is 41.6 Å².